The summed E-state index contributed by atoms with van der Waals surface area (Å²) in [7, 11) is 0. The van der Waals surface area contributed by atoms with E-state index in [-0.39, 0.29) is 36.3 Å². The molecule has 0 radical (unpaired) electrons. The SMILES string of the molecule is CC(=O)N1C(=O)[C@H](CCCN=C(NC(=O)OCC2CCCCC2)NC(=O)OCC2CCCCC2)[C@H]1C=CC1CCCCC1. The van der Waals surface area contributed by atoms with Crippen LogP contribution in [0.15, 0.2) is 17.1 Å². The molecular weight excluding hydrogens is 548 g/mol. The predicted octanol–water partition coefficient (Wildman–Crippen LogP) is 6.25. The van der Waals surface area contributed by atoms with Gasteiger partial charge in [0.25, 0.3) is 0 Å². The molecule has 0 unspecified atom stereocenters. The number of allylic oxidation sites excluding steroid dienone is 1. The zero-order valence-electron chi connectivity index (χ0n) is 26.0. The molecule has 3 saturated carbocycles. The van der Waals surface area contributed by atoms with E-state index in [1.54, 1.807) is 0 Å². The number of imide groups is 1. The summed E-state index contributed by atoms with van der Waals surface area (Å²) in [6.07, 6.45) is 21.4. The fourth-order valence-corrected chi connectivity index (χ4v) is 7.02. The van der Waals surface area contributed by atoms with Gasteiger partial charge >= 0.3 is 12.2 Å². The number of β-lactam (4-membered cyclic amide) rings is 1. The molecule has 3 aliphatic carbocycles. The highest BCUT2D eigenvalue weighted by molar-refractivity contribution is 6.02. The molecule has 0 aromatic carbocycles. The molecule has 4 amide bonds. The Labute approximate surface area is 256 Å². The first-order valence-electron chi connectivity index (χ1n) is 16.8. The third kappa shape index (κ3) is 10.6. The summed E-state index contributed by atoms with van der Waals surface area (Å²) >= 11 is 0. The molecular formula is C33H52N4O6. The molecule has 0 aromatic heterocycles. The summed E-state index contributed by atoms with van der Waals surface area (Å²) in [5.41, 5.74) is 0. The monoisotopic (exact) mass is 600 g/mol. The van der Waals surface area contributed by atoms with Gasteiger partial charge in [-0.05, 0) is 69.1 Å². The molecule has 4 aliphatic rings. The maximum atomic E-state index is 12.8. The minimum absolute atomic E-state index is 0.0127. The highest BCUT2D eigenvalue weighted by Crippen LogP contribution is 2.33. The highest BCUT2D eigenvalue weighted by Gasteiger charge is 2.47. The molecule has 2 atom stereocenters. The molecule has 1 heterocycles. The van der Waals surface area contributed by atoms with Gasteiger partial charge < -0.3 is 9.47 Å². The average molecular weight is 601 g/mol. The Morgan fingerprint density at radius 1 is 0.791 bits per heavy atom. The predicted molar refractivity (Wildman–Crippen MR) is 164 cm³/mol. The number of carbonyl (C=O) groups is 4. The molecule has 4 rings (SSSR count). The third-order valence-electron chi connectivity index (χ3n) is 9.57. The molecule has 10 heteroatoms. The molecule has 0 bridgehead atoms. The number of likely N-dealkylation sites (tertiary alicyclic amines) is 1. The van der Waals surface area contributed by atoms with E-state index in [0.29, 0.717) is 43.8 Å². The Morgan fingerprint density at radius 3 is 1.81 bits per heavy atom. The van der Waals surface area contributed by atoms with E-state index in [9.17, 15) is 19.2 Å². The van der Waals surface area contributed by atoms with Gasteiger partial charge in [-0.2, -0.15) is 0 Å². The standard InChI is InChI=1S/C33H52N4O6/c1-24(38)37-29(20-19-25-12-5-2-6-13-25)28(30(37)39)18-11-21-34-31(35-32(40)42-22-26-14-7-3-8-15-26)36-33(41)43-23-27-16-9-4-10-17-27/h19-20,25-29H,2-18,21-23H2,1H3,(H2,34,35,36,40,41)/t28-,29-/m1/s1. The molecule has 43 heavy (non-hydrogen) atoms. The van der Waals surface area contributed by atoms with Crippen molar-refractivity contribution in [3.05, 3.63) is 12.2 Å². The Balaban J connectivity index is 1.29. The van der Waals surface area contributed by atoms with Gasteiger partial charge in [-0.25, -0.2) is 9.59 Å². The normalized spacial score (nSPS) is 23.8. The van der Waals surface area contributed by atoms with Crippen LogP contribution in [-0.2, 0) is 19.1 Å². The second-order valence-electron chi connectivity index (χ2n) is 12.9. The van der Waals surface area contributed by atoms with Crippen molar-refractivity contribution in [1.29, 1.82) is 0 Å². The smallest absolute Gasteiger partial charge is 0.413 e. The van der Waals surface area contributed by atoms with E-state index < -0.39 is 12.2 Å². The van der Waals surface area contributed by atoms with Gasteiger partial charge in [0.15, 0.2) is 0 Å². The van der Waals surface area contributed by atoms with Crippen LogP contribution in [0, 0.1) is 23.7 Å². The van der Waals surface area contributed by atoms with Gasteiger partial charge in [-0.15, -0.1) is 0 Å². The number of hydrogen-bond acceptors (Lipinski definition) is 7. The van der Waals surface area contributed by atoms with Crippen LogP contribution in [-0.4, -0.2) is 60.7 Å². The summed E-state index contributed by atoms with van der Waals surface area (Å²) in [6.45, 7) is 2.41. The Bertz CT molecular complexity index is 957. The summed E-state index contributed by atoms with van der Waals surface area (Å²) in [5, 5.41) is 5.17. The van der Waals surface area contributed by atoms with Crippen LogP contribution in [0.5, 0.6) is 0 Å². The van der Waals surface area contributed by atoms with Gasteiger partial charge in [0.05, 0.1) is 25.2 Å². The van der Waals surface area contributed by atoms with Crippen LogP contribution in [0.2, 0.25) is 0 Å². The van der Waals surface area contributed by atoms with Crippen LogP contribution in [0.1, 0.15) is 116 Å². The van der Waals surface area contributed by atoms with Crippen molar-refractivity contribution in [3.8, 4) is 0 Å². The minimum atomic E-state index is -0.656. The number of nitrogens with zero attached hydrogens (tertiary/aromatic N) is 2. The number of guanidine groups is 1. The van der Waals surface area contributed by atoms with Crippen LogP contribution < -0.4 is 10.6 Å². The van der Waals surface area contributed by atoms with Crippen molar-refractivity contribution in [3.63, 3.8) is 0 Å². The average Bonchev–Trinajstić information content (AvgIpc) is 3.02. The Hall–Kier alpha value is -2.91. The van der Waals surface area contributed by atoms with Crippen molar-refractivity contribution in [2.45, 2.75) is 122 Å². The van der Waals surface area contributed by atoms with Crippen LogP contribution in [0.3, 0.4) is 0 Å². The summed E-state index contributed by atoms with van der Waals surface area (Å²) < 4.78 is 10.9. The molecule has 4 fully saturated rings. The van der Waals surface area contributed by atoms with Gasteiger partial charge in [0.2, 0.25) is 17.8 Å². The van der Waals surface area contributed by atoms with Crippen molar-refractivity contribution >= 4 is 30.0 Å². The van der Waals surface area contributed by atoms with E-state index in [1.165, 1.54) is 43.9 Å². The van der Waals surface area contributed by atoms with E-state index in [4.69, 9.17) is 9.47 Å². The lowest BCUT2D eigenvalue weighted by molar-refractivity contribution is -0.162. The number of alkyl carbamates (subject to hydrolysis) is 2. The molecule has 0 aromatic rings. The molecule has 0 spiro atoms. The summed E-state index contributed by atoms with van der Waals surface area (Å²) in [6, 6.07) is -0.226. The third-order valence-corrected chi connectivity index (χ3v) is 9.57. The fraction of sp³-hybridized carbons (Fsp3) is 0.788. The topological polar surface area (TPSA) is 126 Å². The summed E-state index contributed by atoms with van der Waals surface area (Å²) in [5.74, 6) is 0.575. The van der Waals surface area contributed by atoms with Crippen molar-refractivity contribution in [2.75, 3.05) is 19.8 Å². The van der Waals surface area contributed by atoms with Gasteiger partial charge in [-0.1, -0.05) is 69.9 Å². The largest absolute Gasteiger partial charge is 0.449 e. The van der Waals surface area contributed by atoms with E-state index in [0.717, 1.165) is 64.2 Å². The lowest BCUT2D eigenvalue weighted by Gasteiger charge is -2.44. The number of amides is 4. The lowest BCUT2D eigenvalue weighted by atomic mass is 9.81. The first kappa shape index (κ1) is 33.0. The molecule has 2 N–H and O–H groups in total. The number of aliphatic imine (C=N–C) groups is 1. The van der Waals surface area contributed by atoms with Crippen LogP contribution in [0.25, 0.3) is 0 Å². The van der Waals surface area contributed by atoms with Gasteiger partial charge in [-0.3, -0.25) is 30.1 Å². The Kier molecular flexibility index (Phi) is 13.4. The van der Waals surface area contributed by atoms with Gasteiger partial charge in [0, 0.05) is 13.5 Å². The quantitative estimate of drug-likeness (QED) is 0.100. The highest BCUT2D eigenvalue weighted by atomic mass is 16.6. The fourth-order valence-electron chi connectivity index (χ4n) is 7.02. The van der Waals surface area contributed by atoms with Crippen molar-refractivity contribution in [2.24, 2.45) is 28.7 Å². The maximum absolute atomic E-state index is 12.8. The minimum Gasteiger partial charge on any atom is -0.449 e. The molecule has 10 nitrogen and oxygen atoms in total. The zero-order chi connectivity index (χ0) is 30.4. The molecule has 1 aliphatic heterocycles. The molecule has 1 saturated heterocycles. The first-order chi connectivity index (χ1) is 20.9. The molecule has 240 valence electrons. The van der Waals surface area contributed by atoms with E-state index in [2.05, 4.69) is 21.7 Å². The number of hydrogen-bond donors (Lipinski definition) is 2. The Morgan fingerprint density at radius 2 is 1.30 bits per heavy atom. The van der Waals surface area contributed by atoms with Crippen LogP contribution in [0.4, 0.5) is 9.59 Å². The summed E-state index contributed by atoms with van der Waals surface area (Å²) in [4.78, 5) is 55.8. The second kappa shape index (κ2) is 17.4. The number of nitrogens with one attached hydrogen (secondary N) is 2. The number of ether oxygens (including phenoxy) is 2. The van der Waals surface area contributed by atoms with Crippen LogP contribution >= 0.6 is 0 Å². The van der Waals surface area contributed by atoms with Gasteiger partial charge in [0.1, 0.15) is 0 Å². The van der Waals surface area contributed by atoms with Crippen molar-refractivity contribution in [1.82, 2.24) is 15.5 Å². The van der Waals surface area contributed by atoms with E-state index in [1.807, 2.05) is 6.08 Å². The van der Waals surface area contributed by atoms with E-state index >= 15 is 0 Å². The first-order valence-corrected chi connectivity index (χ1v) is 16.8. The second-order valence-corrected chi connectivity index (χ2v) is 12.9. The number of carbonyl (C=O) groups excluding carboxylic acids is 4. The zero-order valence-corrected chi connectivity index (χ0v) is 26.0. The maximum Gasteiger partial charge on any atom is 0.413 e. The number of rotatable bonds is 10. The lowest BCUT2D eigenvalue weighted by Crippen LogP contribution is -2.61. The van der Waals surface area contributed by atoms with Crippen molar-refractivity contribution < 1.29 is 28.7 Å².